The van der Waals surface area contributed by atoms with Crippen LogP contribution in [0.3, 0.4) is 0 Å². The Morgan fingerprint density at radius 1 is 0.973 bits per heavy atom. The standard InChI is InChI=1S/C27H31N5O4.CH4/c28-15-24(27(35)32-36)31-26(34)20-8-3-17(4-9-20)1-2-18-6-11-22(12-7-18)30-25(33)16-29-23-14-19-5-10-21(23)13-19;/h3-4,6-9,11-12,19,21,23-24,29,36H,5,10,13-16,28H2,(H,30,33)(H,31,34)(H,32,35);1H4/t19-,21+,23?,24+;/m1./s1. The average molecular weight is 506 g/mol. The molecular formula is C28H35N5O4. The second-order valence-corrected chi connectivity index (χ2v) is 9.35. The summed E-state index contributed by atoms with van der Waals surface area (Å²) in [5, 5.41) is 17.5. The van der Waals surface area contributed by atoms with E-state index in [1.165, 1.54) is 31.2 Å². The summed E-state index contributed by atoms with van der Waals surface area (Å²) in [6.07, 6.45) is 5.13. The molecule has 0 saturated heterocycles. The van der Waals surface area contributed by atoms with Crippen LogP contribution in [0.25, 0.3) is 0 Å². The zero-order valence-corrected chi connectivity index (χ0v) is 19.9. The number of nitrogens with one attached hydrogen (secondary N) is 4. The molecule has 0 spiro atoms. The van der Waals surface area contributed by atoms with E-state index in [2.05, 4.69) is 27.8 Å². The van der Waals surface area contributed by atoms with Gasteiger partial charge >= 0.3 is 0 Å². The molecule has 4 atom stereocenters. The molecule has 2 saturated carbocycles. The lowest BCUT2D eigenvalue weighted by Gasteiger charge is -2.22. The average Bonchev–Trinajstić information content (AvgIpc) is 3.53. The number of carbonyl (C=O) groups excluding carboxylic acids is 3. The summed E-state index contributed by atoms with van der Waals surface area (Å²) in [7, 11) is 0. The molecule has 196 valence electrons. The van der Waals surface area contributed by atoms with Crippen molar-refractivity contribution in [2.24, 2.45) is 17.6 Å². The number of carbonyl (C=O) groups is 3. The number of anilines is 1. The van der Waals surface area contributed by atoms with Crippen LogP contribution < -0.4 is 27.2 Å². The van der Waals surface area contributed by atoms with Crippen molar-refractivity contribution in [3.05, 3.63) is 65.2 Å². The second-order valence-electron chi connectivity index (χ2n) is 9.35. The van der Waals surface area contributed by atoms with Gasteiger partial charge in [-0.05, 0) is 79.6 Å². The molecule has 0 radical (unpaired) electrons. The zero-order chi connectivity index (χ0) is 25.5. The minimum atomic E-state index is -1.03. The normalized spacial score (nSPS) is 20.1. The molecule has 2 fully saturated rings. The first-order valence-corrected chi connectivity index (χ1v) is 12.2. The summed E-state index contributed by atoms with van der Waals surface area (Å²) in [5.74, 6) is 6.35. The minimum Gasteiger partial charge on any atom is -0.339 e. The molecule has 2 aliphatic rings. The van der Waals surface area contributed by atoms with E-state index >= 15 is 0 Å². The third-order valence-electron chi connectivity index (χ3n) is 6.90. The van der Waals surface area contributed by atoms with E-state index in [-0.39, 0.29) is 19.9 Å². The highest BCUT2D eigenvalue weighted by Gasteiger charge is 2.39. The van der Waals surface area contributed by atoms with Crippen LogP contribution in [0.4, 0.5) is 5.69 Å². The summed E-state index contributed by atoms with van der Waals surface area (Å²) >= 11 is 0. The van der Waals surface area contributed by atoms with Crippen LogP contribution in [0.15, 0.2) is 48.5 Å². The number of rotatable bonds is 8. The highest BCUT2D eigenvalue weighted by atomic mass is 16.5. The van der Waals surface area contributed by atoms with Gasteiger partial charge in [0.15, 0.2) is 0 Å². The Kier molecular flexibility index (Phi) is 9.80. The Morgan fingerprint density at radius 3 is 2.16 bits per heavy atom. The van der Waals surface area contributed by atoms with Crippen LogP contribution in [-0.2, 0) is 9.59 Å². The molecule has 2 aromatic carbocycles. The van der Waals surface area contributed by atoms with Gasteiger partial charge in [0.2, 0.25) is 5.91 Å². The molecular weight excluding hydrogens is 470 g/mol. The summed E-state index contributed by atoms with van der Waals surface area (Å²) in [6, 6.07) is 13.3. The van der Waals surface area contributed by atoms with Crippen molar-refractivity contribution < 1.29 is 19.6 Å². The van der Waals surface area contributed by atoms with Gasteiger partial charge < -0.3 is 21.7 Å². The van der Waals surface area contributed by atoms with Crippen molar-refractivity contribution in [3.8, 4) is 11.8 Å². The van der Waals surface area contributed by atoms with Gasteiger partial charge in [-0.25, -0.2) is 5.48 Å². The van der Waals surface area contributed by atoms with E-state index in [4.69, 9.17) is 10.9 Å². The predicted octanol–water partition coefficient (Wildman–Crippen LogP) is 2.00. The van der Waals surface area contributed by atoms with Gasteiger partial charge in [-0.1, -0.05) is 25.7 Å². The molecule has 1 unspecified atom stereocenters. The van der Waals surface area contributed by atoms with Crippen LogP contribution in [0.1, 0.15) is 54.6 Å². The van der Waals surface area contributed by atoms with Crippen LogP contribution in [0.5, 0.6) is 0 Å². The number of hydrogen-bond donors (Lipinski definition) is 6. The third kappa shape index (κ3) is 7.40. The quantitative estimate of drug-likeness (QED) is 0.184. The van der Waals surface area contributed by atoms with Gasteiger partial charge in [-0.15, -0.1) is 0 Å². The van der Waals surface area contributed by atoms with E-state index in [0.717, 1.165) is 23.1 Å². The second kappa shape index (κ2) is 13.0. The number of hydrogen-bond acceptors (Lipinski definition) is 6. The van der Waals surface area contributed by atoms with Gasteiger partial charge in [-0.2, -0.15) is 0 Å². The summed E-state index contributed by atoms with van der Waals surface area (Å²) < 4.78 is 0. The highest BCUT2D eigenvalue weighted by Crippen LogP contribution is 2.44. The fourth-order valence-electron chi connectivity index (χ4n) is 4.96. The van der Waals surface area contributed by atoms with Crippen molar-refractivity contribution in [2.45, 2.75) is 45.2 Å². The van der Waals surface area contributed by atoms with E-state index < -0.39 is 17.9 Å². The zero-order valence-electron chi connectivity index (χ0n) is 19.9. The maximum Gasteiger partial charge on any atom is 0.267 e. The minimum absolute atomic E-state index is 0. The highest BCUT2D eigenvalue weighted by molar-refractivity contribution is 5.97. The Balaban J connectivity index is 0.00000380. The summed E-state index contributed by atoms with van der Waals surface area (Å²) in [6.45, 7) is 0.174. The topological polar surface area (TPSA) is 146 Å². The first-order valence-electron chi connectivity index (χ1n) is 12.2. The summed E-state index contributed by atoms with van der Waals surface area (Å²) in [4.78, 5) is 36.0. The van der Waals surface area contributed by atoms with Gasteiger partial charge in [0, 0.05) is 35.0 Å². The number of hydroxylamine groups is 1. The van der Waals surface area contributed by atoms with Crippen molar-refractivity contribution in [1.29, 1.82) is 0 Å². The number of benzene rings is 2. The first kappa shape index (κ1) is 27.9. The number of nitrogens with two attached hydrogens (primary N) is 1. The van der Waals surface area contributed by atoms with Crippen molar-refractivity contribution in [3.63, 3.8) is 0 Å². The van der Waals surface area contributed by atoms with Gasteiger partial charge in [0.1, 0.15) is 6.04 Å². The Labute approximate surface area is 217 Å². The van der Waals surface area contributed by atoms with Gasteiger partial charge in [-0.3, -0.25) is 19.6 Å². The molecule has 0 aromatic heterocycles. The SMILES string of the molecule is C.NC[C@H](NC(=O)c1ccc(C#Cc2ccc(NC(=O)CNC3C[C@@H]4CC[C@H]3C4)cc2)cc1)C(=O)NO. The lowest BCUT2D eigenvalue weighted by Crippen LogP contribution is -2.50. The molecule has 3 amide bonds. The van der Waals surface area contributed by atoms with E-state index in [1.54, 1.807) is 24.3 Å². The van der Waals surface area contributed by atoms with Crippen LogP contribution in [0.2, 0.25) is 0 Å². The fraction of sp³-hybridized carbons (Fsp3) is 0.393. The summed E-state index contributed by atoms with van der Waals surface area (Å²) in [5.41, 5.74) is 9.47. The fourth-order valence-corrected chi connectivity index (χ4v) is 4.96. The molecule has 4 rings (SSSR count). The molecule has 2 bridgehead atoms. The van der Waals surface area contributed by atoms with Crippen molar-refractivity contribution in [2.75, 3.05) is 18.4 Å². The Bertz CT molecular complexity index is 1150. The molecule has 0 heterocycles. The van der Waals surface area contributed by atoms with Crippen molar-refractivity contribution in [1.82, 2.24) is 16.1 Å². The molecule has 2 aliphatic carbocycles. The maximum absolute atomic E-state index is 12.3. The lowest BCUT2D eigenvalue weighted by molar-refractivity contribution is -0.130. The number of fused-ring (bicyclic) bond motifs is 2. The molecule has 9 nitrogen and oxygen atoms in total. The molecule has 2 aromatic rings. The first-order chi connectivity index (χ1) is 17.4. The van der Waals surface area contributed by atoms with Gasteiger partial charge in [0.05, 0.1) is 6.54 Å². The monoisotopic (exact) mass is 505 g/mol. The largest absolute Gasteiger partial charge is 0.339 e. The van der Waals surface area contributed by atoms with E-state index in [9.17, 15) is 14.4 Å². The van der Waals surface area contributed by atoms with Crippen LogP contribution in [0, 0.1) is 23.7 Å². The molecule has 0 aliphatic heterocycles. The Morgan fingerprint density at radius 2 is 1.62 bits per heavy atom. The molecule has 9 heteroatoms. The smallest absolute Gasteiger partial charge is 0.267 e. The Hall–Kier alpha value is -3.71. The molecule has 7 N–H and O–H groups in total. The molecule has 37 heavy (non-hydrogen) atoms. The van der Waals surface area contributed by atoms with Gasteiger partial charge in [0.25, 0.3) is 11.8 Å². The van der Waals surface area contributed by atoms with Crippen molar-refractivity contribution >= 4 is 23.4 Å². The van der Waals surface area contributed by atoms with Crippen LogP contribution >= 0.6 is 0 Å². The lowest BCUT2D eigenvalue weighted by atomic mass is 9.95. The maximum atomic E-state index is 12.3. The van der Waals surface area contributed by atoms with E-state index in [1.807, 2.05) is 24.3 Å². The predicted molar refractivity (Wildman–Crippen MR) is 142 cm³/mol. The number of amides is 3. The van der Waals surface area contributed by atoms with E-state index in [0.29, 0.717) is 23.7 Å². The van der Waals surface area contributed by atoms with Crippen LogP contribution in [-0.4, -0.2) is 48.1 Å². The third-order valence-corrected chi connectivity index (χ3v) is 6.90.